The van der Waals surface area contributed by atoms with Gasteiger partial charge in [-0.05, 0) is 60.2 Å². The number of nitrogens with one attached hydrogen (secondary N) is 1. The molecule has 0 spiro atoms. The van der Waals surface area contributed by atoms with E-state index in [0.717, 1.165) is 10.1 Å². The third-order valence-electron chi connectivity index (χ3n) is 5.96. The van der Waals surface area contributed by atoms with E-state index < -0.39 is 11.2 Å². The van der Waals surface area contributed by atoms with Crippen molar-refractivity contribution in [3.8, 4) is 45.3 Å². The lowest BCUT2D eigenvalue weighted by atomic mass is 9.99. The van der Waals surface area contributed by atoms with Gasteiger partial charge in [0.2, 0.25) is 0 Å². The zero-order valence-electron chi connectivity index (χ0n) is 19.9. The first-order valence-electron chi connectivity index (χ1n) is 11.2. The summed E-state index contributed by atoms with van der Waals surface area (Å²) in [5.41, 5.74) is 2.29. The molecular formula is C28H23N3O5. The maximum atomic E-state index is 13.8. The molecule has 0 amide bonds. The lowest BCUT2D eigenvalue weighted by Gasteiger charge is -2.14. The van der Waals surface area contributed by atoms with Crippen molar-refractivity contribution < 1.29 is 14.2 Å². The van der Waals surface area contributed by atoms with Gasteiger partial charge in [0.1, 0.15) is 11.4 Å². The number of benzene rings is 3. The zero-order chi connectivity index (χ0) is 25.2. The van der Waals surface area contributed by atoms with Crippen molar-refractivity contribution in [2.75, 3.05) is 21.3 Å². The summed E-state index contributed by atoms with van der Waals surface area (Å²) in [6.07, 6.45) is 0. The molecule has 0 radical (unpaired) electrons. The summed E-state index contributed by atoms with van der Waals surface area (Å²) >= 11 is 0. The minimum absolute atomic E-state index is 0.190. The molecule has 8 nitrogen and oxygen atoms in total. The van der Waals surface area contributed by atoms with E-state index in [1.54, 1.807) is 57.7 Å². The van der Waals surface area contributed by atoms with Gasteiger partial charge in [0.15, 0.2) is 11.5 Å². The monoisotopic (exact) mass is 481 g/mol. The minimum Gasteiger partial charge on any atom is -0.497 e. The van der Waals surface area contributed by atoms with E-state index in [1.165, 1.54) is 0 Å². The van der Waals surface area contributed by atoms with Gasteiger partial charge in [-0.1, -0.05) is 24.3 Å². The normalized spacial score (nSPS) is 10.9. The Kier molecular flexibility index (Phi) is 6.00. The molecule has 5 rings (SSSR count). The van der Waals surface area contributed by atoms with Gasteiger partial charge in [-0.3, -0.25) is 9.78 Å². The summed E-state index contributed by atoms with van der Waals surface area (Å²) in [6.45, 7) is 0. The third-order valence-corrected chi connectivity index (χ3v) is 5.96. The number of hydrogen-bond donors (Lipinski definition) is 1. The second kappa shape index (κ2) is 9.42. The number of pyridine rings is 1. The van der Waals surface area contributed by atoms with Gasteiger partial charge >= 0.3 is 5.69 Å². The van der Waals surface area contributed by atoms with Crippen LogP contribution in [-0.4, -0.2) is 35.9 Å². The van der Waals surface area contributed by atoms with Crippen molar-refractivity contribution >= 4 is 11.0 Å². The quantitative estimate of drug-likeness (QED) is 0.385. The summed E-state index contributed by atoms with van der Waals surface area (Å²) in [5, 5.41) is 0.280. The summed E-state index contributed by atoms with van der Waals surface area (Å²) in [5.74, 6) is 1.78. The fourth-order valence-electron chi connectivity index (χ4n) is 4.17. The van der Waals surface area contributed by atoms with Crippen LogP contribution in [0.3, 0.4) is 0 Å². The van der Waals surface area contributed by atoms with Crippen LogP contribution in [-0.2, 0) is 0 Å². The van der Waals surface area contributed by atoms with Gasteiger partial charge in [0.25, 0.3) is 5.56 Å². The van der Waals surface area contributed by atoms with E-state index >= 15 is 0 Å². The first-order valence-corrected chi connectivity index (χ1v) is 11.2. The molecule has 3 aromatic carbocycles. The Morgan fingerprint density at radius 2 is 1.44 bits per heavy atom. The molecule has 0 saturated heterocycles. The average Bonchev–Trinajstić information content (AvgIpc) is 2.92. The van der Waals surface area contributed by atoms with Crippen LogP contribution in [0.5, 0.6) is 17.2 Å². The summed E-state index contributed by atoms with van der Waals surface area (Å²) in [6, 6.07) is 23.4. The Morgan fingerprint density at radius 3 is 2.11 bits per heavy atom. The molecule has 2 heterocycles. The molecule has 1 N–H and O–H groups in total. The van der Waals surface area contributed by atoms with Crippen LogP contribution < -0.4 is 25.5 Å². The van der Waals surface area contributed by atoms with Crippen LogP contribution >= 0.6 is 0 Å². The van der Waals surface area contributed by atoms with Crippen molar-refractivity contribution in [3.05, 3.63) is 99.7 Å². The third kappa shape index (κ3) is 3.98. The molecule has 0 saturated carbocycles. The van der Waals surface area contributed by atoms with Crippen molar-refractivity contribution in [1.29, 1.82) is 0 Å². The number of fused-ring (bicyclic) bond motifs is 1. The second-order valence-corrected chi connectivity index (χ2v) is 7.98. The second-order valence-electron chi connectivity index (χ2n) is 7.98. The fourth-order valence-corrected chi connectivity index (χ4v) is 4.17. The number of H-pyrrole nitrogens is 1. The number of aromatic nitrogens is 3. The summed E-state index contributed by atoms with van der Waals surface area (Å²) < 4.78 is 17.3. The highest BCUT2D eigenvalue weighted by Crippen LogP contribution is 2.36. The van der Waals surface area contributed by atoms with Gasteiger partial charge in [-0.2, -0.15) is 0 Å². The van der Waals surface area contributed by atoms with E-state index in [1.807, 2.05) is 42.5 Å². The van der Waals surface area contributed by atoms with Crippen molar-refractivity contribution in [1.82, 2.24) is 14.5 Å². The molecule has 8 heteroatoms. The number of hydrogen-bond acceptors (Lipinski definition) is 6. The Labute approximate surface area is 206 Å². The van der Waals surface area contributed by atoms with Crippen LogP contribution in [0.15, 0.2) is 88.5 Å². The number of aromatic amines is 1. The van der Waals surface area contributed by atoms with Crippen molar-refractivity contribution in [2.24, 2.45) is 0 Å². The number of rotatable bonds is 6. The first-order chi connectivity index (χ1) is 17.5. The standard InChI is InChI=1S/C28H23N3O5/c1-34-20-12-9-17(10-13-20)22-16-21(18-11-14-23(35-2)24(15-18)36-3)25-26(29-22)30-28(33)31(27(25)32)19-7-5-4-6-8-19/h4-16H,1-3H3,(H,29,30,33). The van der Waals surface area contributed by atoms with E-state index in [-0.39, 0.29) is 11.0 Å². The largest absolute Gasteiger partial charge is 0.497 e. The SMILES string of the molecule is COc1ccc(-c2cc(-c3ccc(OC)c(OC)c3)c3c(=O)n(-c4ccccc4)c(=O)[nH]c3n2)cc1. The summed E-state index contributed by atoms with van der Waals surface area (Å²) in [4.78, 5) is 34.3. The number of ether oxygens (including phenoxy) is 3. The van der Waals surface area contributed by atoms with Gasteiger partial charge in [-0.15, -0.1) is 0 Å². The van der Waals surface area contributed by atoms with Gasteiger partial charge < -0.3 is 14.2 Å². The number of nitrogens with zero attached hydrogens (tertiary/aromatic N) is 2. The van der Waals surface area contributed by atoms with Crippen molar-refractivity contribution in [2.45, 2.75) is 0 Å². The highest BCUT2D eigenvalue weighted by molar-refractivity contribution is 5.95. The molecule has 0 aliphatic rings. The van der Waals surface area contributed by atoms with E-state index in [2.05, 4.69) is 9.97 Å². The topological polar surface area (TPSA) is 95.4 Å². The van der Waals surface area contributed by atoms with E-state index in [4.69, 9.17) is 14.2 Å². The molecule has 5 aromatic rings. The Hall–Kier alpha value is -4.85. The maximum absolute atomic E-state index is 13.8. The minimum atomic E-state index is -0.573. The van der Waals surface area contributed by atoms with Crippen molar-refractivity contribution in [3.63, 3.8) is 0 Å². The molecule has 0 unspecified atom stereocenters. The number of para-hydroxylation sites is 1. The highest BCUT2D eigenvalue weighted by atomic mass is 16.5. The molecular weight excluding hydrogens is 458 g/mol. The molecule has 0 aliphatic carbocycles. The smallest absolute Gasteiger partial charge is 0.334 e. The van der Waals surface area contributed by atoms with Gasteiger partial charge in [0, 0.05) is 11.1 Å². The lowest BCUT2D eigenvalue weighted by Crippen LogP contribution is -2.34. The molecule has 0 bridgehead atoms. The number of methoxy groups -OCH3 is 3. The first kappa shape index (κ1) is 22.9. The van der Waals surface area contributed by atoms with Crippen LogP contribution in [0, 0.1) is 0 Å². The van der Waals surface area contributed by atoms with Crippen LogP contribution in [0.4, 0.5) is 0 Å². The van der Waals surface area contributed by atoms with Gasteiger partial charge in [-0.25, -0.2) is 14.3 Å². The van der Waals surface area contributed by atoms with Crippen LogP contribution in [0.2, 0.25) is 0 Å². The summed E-state index contributed by atoms with van der Waals surface area (Å²) in [7, 11) is 4.71. The fraction of sp³-hybridized carbons (Fsp3) is 0.107. The van der Waals surface area contributed by atoms with E-state index in [9.17, 15) is 9.59 Å². The molecule has 36 heavy (non-hydrogen) atoms. The molecule has 0 atom stereocenters. The van der Waals surface area contributed by atoms with E-state index in [0.29, 0.717) is 39.8 Å². The molecule has 2 aromatic heterocycles. The Balaban J connectivity index is 1.85. The van der Waals surface area contributed by atoms with Crippen LogP contribution in [0.1, 0.15) is 0 Å². The molecule has 180 valence electrons. The predicted molar refractivity (Wildman–Crippen MR) is 138 cm³/mol. The molecule has 0 aliphatic heterocycles. The predicted octanol–water partition coefficient (Wildman–Crippen LogP) is 4.43. The Morgan fingerprint density at radius 1 is 0.750 bits per heavy atom. The lowest BCUT2D eigenvalue weighted by molar-refractivity contribution is 0.355. The van der Waals surface area contributed by atoms with Gasteiger partial charge in [0.05, 0.1) is 38.1 Å². The Bertz CT molecular complexity index is 1670. The highest BCUT2D eigenvalue weighted by Gasteiger charge is 2.18. The molecule has 0 fully saturated rings. The average molecular weight is 482 g/mol. The zero-order valence-corrected chi connectivity index (χ0v) is 19.9. The van der Waals surface area contributed by atoms with Crippen LogP contribution in [0.25, 0.3) is 39.1 Å². The maximum Gasteiger partial charge on any atom is 0.334 e.